The van der Waals surface area contributed by atoms with Crippen molar-refractivity contribution in [1.82, 2.24) is 10.7 Å². The maximum absolute atomic E-state index is 12.1. The Morgan fingerprint density at radius 3 is 2.64 bits per heavy atom. The van der Waals surface area contributed by atoms with Gasteiger partial charge in [0.2, 0.25) is 0 Å². The molecule has 0 unspecified atom stereocenters. The van der Waals surface area contributed by atoms with Crippen molar-refractivity contribution in [3.63, 3.8) is 0 Å². The van der Waals surface area contributed by atoms with E-state index >= 15 is 0 Å². The molecule has 0 amide bonds. The first kappa shape index (κ1) is 20.6. The van der Waals surface area contributed by atoms with Gasteiger partial charge in [-0.2, -0.15) is 0 Å². The van der Waals surface area contributed by atoms with Crippen molar-refractivity contribution >= 4 is 11.7 Å². The van der Waals surface area contributed by atoms with Crippen molar-refractivity contribution in [2.24, 2.45) is 11.8 Å². The zero-order valence-electron chi connectivity index (χ0n) is 15.5. The van der Waals surface area contributed by atoms with Gasteiger partial charge in [-0.25, -0.2) is 14.5 Å². The summed E-state index contributed by atoms with van der Waals surface area (Å²) in [4.78, 5) is 37.7. The van der Waals surface area contributed by atoms with Crippen LogP contribution in [0.4, 0.5) is 5.69 Å². The molecule has 1 saturated carbocycles. The molecule has 2 aliphatic rings. The van der Waals surface area contributed by atoms with E-state index in [2.05, 4.69) is 5.32 Å². The van der Waals surface area contributed by atoms with Crippen LogP contribution in [-0.4, -0.2) is 41.1 Å². The topological polar surface area (TPSA) is 123 Å². The summed E-state index contributed by atoms with van der Waals surface area (Å²) in [5.74, 6) is -0.0441. The lowest BCUT2D eigenvalue weighted by Crippen LogP contribution is -2.32. The minimum atomic E-state index is -0.479. The molecule has 0 aromatic heterocycles. The zero-order chi connectivity index (χ0) is 19.9. The van der Waals surface area contributed by atoms with Gasteiger partial charge in [-0.1, -0.05) is 6.07 Å². The van der Waals surface area contributed by atoms with Crippen LogP contribution in [0.15, 0.2) is 18.2 Å². The molecule has 0 bridgehead atoms. The Bertz CT molecular complexity index is 686. The lowest BCUT2D eigenvalue weighted by Gasteiger charge is -2.27. The minimum absolute atomic E-state index is 0.0632. The van der Waals surface area contributed by atoms with Crippen LogP contribution in [0.1, 0.15) is 36.8 Å². The Hall–Kier alpha value is -2.11. The van der Waals surface area contributed by atoms with Crippen molar-refractivity contribution in [2.75, 3.05) is 19.8 Å². The molecule has 1 heterocycles. The second-order valence-corrected chi connectivity index (χ2v) is 7.03. The van der Waals surface area contributed by atoms with E-state index in [4.69, 9.17) is 14.5 Å². The molecule has 28 heavy (non-hydrogen) atoms. The van der Waals surface area contributed by atoms with Crippen LogP contribution >= 0.6 is 0 Å². The van der Waals surface area contributed by atoms with Crippen molar-refractivity contribution in [1.29, 1.82) is 0 Å². The standard InChI is InChI=1S/C18H25N3O7/c22-12-16-6-3-14(9-17(16)20(24)25)11-19-10-13-1-4-15(5-2-13)18(23)28-21-26-7-8-27-21/h3,6,9,13,15,19,22H,1-2,4-5,7-8,10-12H2. The molecule has 1 aliphatic carbocycles. The van der Waals surface area contributed by atoms with Gasteiger partial charge in [-0.05, 0) is 49.8 Å². The molecule has 10 heteroatoms. The van der Waals surface area contributed by atoms with E-state index in [0.29, 0.717) is 31.2 Å². The second-order valence-electron chi connectivity index (χ2n) is 7.03. The number of nitro groups is 1. The molecule has 3 rings (SSSR count). The highest BCUT2D eigenvalue weighted by Crippen LogP contribution is 2.30. The normalized spacial score (nSPS) is 22.9. The van der Waals surface area contributed by atoms with Crippen LogP contribution < -0.4 is 5.32 Å². The number of nitrogens with one attached hydrogen (secondary N) is 1. The average Bonchev–Trinajstić information content (AvgIpc) is 3.21. The number of nitro benzene ring substituents is 1. The van der Waals surface area contributed by atoms with Crippen LogP contribution in [0.5, 0.6) is 0 Å². The number of aliphatic hydroxyl groups is 1. The molecule has 2 N–H and O–H groups in total. The number of nitrogens with zero attached hydrogens (tertiary/aromatic N) is 2. The van der Waals surface area contributed by atoms with E-state index in [1.165, 1.54) is 6.07 Å². The molecule has 1 aromatic carbocycles. The number of hydrogen-bond donors (Lipinski definition) is 2. The fourth-order valence-electron chi connectivity index (χ4n) is 3.51. The van der Waals surface area contributed by atoms with Gasteiger partial charge in [-0.15, -0.1) is 0 Å². The Kier molecular flexibility index (Phi) is 7.29. The Balaban J connectivity index is 1.39. The molecule has 1 saturated heterocycles. The van der Waals surface area contributed by atoms with Gasteiger partial charge < -0.3 is 15.3 Å². The Morgan fingerprint density at radius 2 is 2.00 bits per heavy atom. The fourth-order valence-corrected chi connectivity index (χ4v) is 3.51. The number of carbonyl (C=O) groups is 1. The van der Waals surface area contributed by atoms with Crippen LogP contribution in [0.25, 0.3) is 0 Å². The molecular formula is C18H25N3O7. The summed E-state index contributed by atoms with van der Waals surface area (Å²) in [6, 6.07) is 4.86. The third-order valence-electron chi connectivity index (χ3n) is 5.10. The van der Waals surface area contributed by atoms with E-state index in [0.717, 1.165) is 43.2 Å². The summed E-state index contributed by atoms with van der Waals surface area (Å²) >= 11 is 0. The van der Waals surface area contributed by atoms with Gasteiger partial charge in [0.1, 0.15) is 18.6 Å². The number of benzene rings is 1. The first-order valence-corrected chi connectivity index (χ1v) is 9.42. The maximum atomic E-state index is 12.1. The largest absolute Gasteiger partial charge is 0.391 e. The van der Waals surface area contributed by atoms with Crippen LogP contribution in [-0.2, 0) is 32.5 Å². The van der Waals surface area contributed by atoms with E-state index in [1.54, 1.807) is 12.1 Å². The van der Waals surface area contributed by atoms with E-state index < -0.39 is 4.92 Å². The summed E-state index contributed by atoms with van der Waals surface area (Å²) in [6.07, 6.45) is 3.29. The molecule has 2 fully saturated rings. The first-order chi connectivity index (χ1) is 13.6. The zero-order valence-corrected chi connectivity index (χ0v) is 15.5. The summed E-state index contributed by atoms with van der Waals surface area (Å²) in [5.41, 5.74) is 1.04. The highest BCUT2D eigenvalue weighted by atomic mass is 17.2. The van der Waals surface area contributed by atoms with Gasteiger partial charge in [-0.3, -0.25) is 10.1 Å². The van der Waals surface area contributed by atoms with Gasteiger partial charge in [0.25, 0.3) is 5.69 Å². The van der Waals surface area contributed by atoms with Gasteiger partial charge in [0.15, 0.2) is 0 Å². The third kappa shape index (κ3) is 5.46. The highest BCUT2D eigenvalue weighted by molar-refractivity contribution is 5.72. The summed E-state index contributed by atoms with van der Waals surface area (Å²) in [6.45, 7) is 1.68. The Morgan fingerprint density at radius 1 is 1.29 bits per heavy atom. The van der Waals surface area contributed by atoms with Crippen LogP contribution in [0.2, 0.25) is 0 Å². The minimum Gasteiger partial charge on any atom is -0.391 e. The fraction of sp³-hybridized carbons (Fsp3) is 0.611. The van der Waals surface area contributed by atoms with E-state index in [9.17, 15) is 20.0 Å². The molecule has 0 radical (unpaired) electrons. The summed E-state index contributed by atoms with van der Waals surface area (Å²) in [7, 11) is 0. The number of aliphatic hydroxyl groups excluding tert-OH is 1. The van der Waals surface area contributed by atoms with Gasteiger partial charge in [0, 0.05) is 12.6 Å². The van der Waals surface area contributed by atoms with Crippen molar-refractivity contribution in [2.45, 2.75) is 38.8 Å². The average molecular weight is 395 g/mol. The number of carbonyl (C=O) groups excluding carboxylic acids is 1. The number of hydrogen-bond acceptors (Lipinski definition) is 9. The molecule has 154 valence electrons. The summed E-state index contributed by atoms with van der Waals surface area (Å²) < 4.78 is 0. The molecule has 1 aliphatic heterocycles. The molecule has 10 nitrogen and oxygen atoms in total. The first-order valence-electron chi connectivity index (χ1n) is 9.42. The highest BCUT2D eigenvalue weighted by Gasteiger charge is 2.30. The Labute approximate surface area is 162 Å². The summed E-state index contributed by atoms with van der Waals surface area (Å²) in [5, 5.41) is 24.4. The lowest BCUT2D eigenvalue weighted by molar-refractivity contribution is -0.461. The lowest BCUT2D eigenvalue weighted by atomic mass is 9.82. The number of rotatable bonds is 8. The maximum Gasteiger partial charge on any atom is 0.333 e. The van der Waals surface area contributed by atoms with E-state index in [-0.39, 0.29) is 24.2 Å². The van der Waals surface area contributed by atoms with Gasteiger partial charge >= 0.3 is 5.97 Å². The molecular weight excluding hydrogens is 370 g/mol. The van der Waals surface area contributed by atoms with Crippen LogP contribution in [0.3, 0.4) is 0 Å². The molecule has 1 aromatic rings. The quantitative estimate of drug-likeness (QED) is 0.499. The predicted octanol–water partition coefficient (Wildman–Crippen LogP) is 1.62. The van der Waals surface area contributed by atoms with Gasteiger partial charge in [0.05, 0.1) is 23.0 Å². The van der Waals surface area contributed by atoms with Crippen LogP contribution in [0, 0.1) is 22.0 Å². The predicted molar refractivity (Wildman–Crippen MR) is 96.0 cm³/mol. The molecule has 0 atom stereocenters. The van der Waals surface area contributed by atoms with Crippen molar-refractivity contribution < 1.29 is 29.3 Å². The van der Waals surface area contributed by atoms with E-state index in [1.807, 2.05) is 0 Å². The SMILES string of the molecule is O=C(ON1OCCO1)C1CCC(CNCc2ccc(CO)c([N+](=O)[O-])c2)CC1. The monoisotopic (exact) mass is 395 g/mol. The molecule has 0 spiro atoms. The third-order valence-corrected chi connectivity index (χ3v) is 5.10. The van der Waals surface area contributed by atoms with Crippen molar-refractivity contribution in [3.8, 4) is 0 Å². The smallest absolute Gasteiger partial charge is 0.333 e. The second kappa shape index (κ2) is 9.89. The van der Waals surface area contributed by atoms with Crippen molar-refractivity contribution in [3.05, 3.63) is 39.4 Å².